The predicted molar refractivity (Wildman–Crippen MR) is 62.4 cm³/mol. The van der Waals surface area contributed by atoms with Gasteiger partial charge in [-0.05, 0) is 46.8 Å². The van der Waals surface area contributed by atoms with Crippen molar-refractivity contribution in [3.63, 3.8) is 0 Å². The molecule has 1 atom stereocenters. The minimum absolute atomic E-state index is 0.177. The van der Waals surface area contributed by atoms with E-state index in [0.717, 1.165) is 5.69 Å². The molecule has 0 spiro atoms. The zero-order valence-electron chi connectivity index (χ0n) is 10.5. The molecule has 0 saturated heterocycles. The maximum absolute atomic E-state index is 10.00. The number of hydrogen-bond acceptors (Lipinski definition) is 4. The van der Waals surface area contributed by atoms with Gasteiger partial charge in [0.2, 0.25) is 0 Å². The van der Waals surface area contributed by atoms with Crippen molar-refractivity contribution in [3.05, 3.63) is 23.5 Å². The second-order valence-electron chi connectivity index (χ2n) is 5.03. The van der Waals surface area contributed by atoms with Crippen LogP contribution in [-0.2, 0) is 0 Å². The molecule has 4 heteroatoms. The molecule has 1 rings (SSSR count). The molecule has 0 aromatic carbocycles. The number of aromatic nitrogens is 1. The van der Waals surface area contributed by atoms with Gasteiger partial charge in [0.15, 0.2) is 0 Å². The molecule has 1 aromatic heterocycles. The lowest BCUT2D eigenvalue weighted by Crippen LogP contribution is -2.40. The summed E-state index contributed by atoms with van der Waals surface area (Å²) in [6, 6.07) is 3.12. The number of rotatable bonds is 2. The van der Waals surface area contributed by atoms with Crippen molar-refractivity contribution in [3.8, 4) is 5.75 Å². The summed E-state index contributed by atoms with van der Waals surface area (Å²) in [6.45, 7) is 9.40. The van der Waals surface area contributed by atoms with E-state index in [9.17, 15) is 10.3 Å². The average Bonchev–Trinajstić information content (AvgIpc) is 2.18. The SMILES string of the molecule is Cc1nc(C(C)N(O)C(C)(C)C)ccc1O. The number of aryl methyl sites for hydroxylation is 1. The molecule has 0 aliphatic heterocycles. The van der Waals surface area contributed by atoms with E-state index in [4.69, 9.17) is 0 Å². The smallest absolute Gasteiger partial charge is 0.136 e. The zero-order valence-corrected chi connectivity index (χ0v) is 10.5. The molecule has 0 fully saturated rings. The first-order chi connectivity index (χ1) is 7.23. The molecule has 0 aliphatic carbocycles. The Bertz CT molecular complexity index is 372. The van der Waals surface area contributed by atoms with Gasteiger partial charge in [-0.3, -0.25) is 4.98 Å². The van der Waals surface area contributed by atoms with Crippen LogP contribution in [0, 0.1) is 6.92 Å². The molecule has 4 nitrogen and oxygen atoms in total. The summed E-state index contributed by atoms with van der Waals surface area (Å²) in [5.41, 5.74) is 0.978. The van der Waals surface area contributed by atoms with Gasteiger partial charge in [0.25, 0.3) is 0 Å². The molecular formula is C12H20N2O2. The van der Waals surface area contributed by atoms with Crippen LogP contribution in [0.15, 0.2) is 12.1 Å². The summed E-state index contributed by atoms with van der Waals surface area (Å²) in [5, 5.41) is 20.7. The second-order valence-corrected chi connectivity index (χ2v) is 5.03. The standard InChI is InChI=1S/C12H20N2O2/c1-8-11(15)7-6-10(13-8)9(2)14(16)12(3,4)5/h6-7,9,15-16H,1-5H3. The minimum Gasteiger partial charge on any atom is -0.506 e. The van der Waals surface area contributed by atoms with Crippen LogP contribution in [0.4, 0.5) is 0 Å². The number of aromatic hydroxyl groups is 1. The van der Waals surface area contributed by atoms with Crippen molar-refractivity contribution in [1.82, 2.24) is 10.0 Å². The summed E-state index contributed by atoms with van der Waals surface area (Å²) >= 11 is 0. The second kappa shape index (κ2) is 4.39. The van der Waals surface area contributed by atoms with Gasteiger partial charge >= 0.3 is 0 Å². The average molecular weight is 224 g/mol. The fraction of sp³-hybridized carbons (Fsp3) is 0.583. The van der Waals surface area contributed by atoms with E-state index >= 15 is 0 Å². The summed E-state index contributed by atoms with van der Waals surface area (Å²) < 4.78 is 0. The Morgan fingerprint density at radius 2 is 1.88 bits per heavy atom. The van der Waals surface area contributed by atoms with Crippen LogP contribution < -0.4 is 0 Å². The van der Waals surface area contributed by atoms with Crippen LogP contribution in [0.2, 0.25) is 0 Å². The largest absolute Gasteiger partial charge is 0.506 e. The van der Waals surface area contributed by atoms with Gasteiger partial charge in [-0.1, -0.05) is 0 Å². The molecule has 0 aliphatic rings. The summed E-state index contributed by atoms with van der Waals surface area (Å²) in [5.74, 6) is 0.177. The number of pyridine rings is 1. The molecule has 2 N–H and O–H groups in total. The van der Waals surface area contributed by atoms with E-state index in [1.165, 1.54) is 5.06 Å². The van der Waals surface area contributed by atoms with E-state index in [0.29, 0.717) is 5.69 Å². The highest BCUT2D eigenvalue weighted by atomic mass is 16.5. The van der Waals surface area contributed by atoms with Crippen LogP contribution >= 0.6 is 0 Å². The van der Waals surface area contributed by atoms with Crippen molar-refractivity contribution < 1.29 is 10.3 Å². The fourth-order valence-corrected chi connectivity index (χ4v) is 1.51. The molecule has 1 unspecified atom stereocenters. The van der Waals surface area contributed by atoms with Crippen molar-refractivity contribution in [2.45, 2.75) is 46.2 Å². The van der Waals surface area contributed by atoms with E-state index in [-0.39, 0.29) is 17.3 Å². The molecule has 1 heterocycles. The first-order valence-corrected chi connectivity index (χ1v) is 5.38. The Hall–Kier alpha value is -1.13. The first-order valence-electron chi connectivity index (χ1n) is 5.38. The molecule has 90 valence electrons. The Labute approximate surface area is 96.5 Å². The summed E-state index contributed by atoms with van der Waals surface area (Å²) in [7, 11) is 0. The van der Waals surface area contributed by atoms with Crippen LogP contribution in [0.1, 0.15) is 45.1 Å². The zero-order chi connectivity index (χ0) is 12.5. The fourth-order valence-electron chi connectivity index (χ4n) is 1.51. The molecule has 16 heavy (non-hydrogen) atoms. The lowest BCUT2D eigenvalue weighted by molar-refractivity contribution is -0.185. The van der Waals surface area contributed by atoms with Gasteiger partial charge in [-0.25, -0.2) is 0 Å². The van der Waals surface area contributed by atoms with Crippen molar-refractivity contribution >= 4 is 0 Å². The minimum atomic E-state index is -0.340. The monoisotopic (exact) mass is 224 g/mol. The van der Waals surface area contributed by atoms with E-state index < -0.39 is 0 Å². The maximum Gasteiger partial charge on any atom is 0.136 e. The van der Waals surface area contributed by atoms with Gasteiger partial charge in [-0.15, -0.1) is 0 Å². The first kappa shape index (κ1) is 12.9. The molecular weight excluding hydrogens is 204 g/mol. The maximum atomic E-state index is 10.00. The number of hydrogen-bond donors (Lipinski definition) is 2. The Morgan fingerprint density at radius 3 is 2.31 bits per heavy atom. The van der Waals surface area contributed by atoms with Gasteiger partial charge in [0.1, 0.15) is 5.75 Å². The van der Waals surface area contributed by atoms with Crippen molar-refractivity contribution in [2.24, 2.45) is 0 Å². The lowest BCUT2D eigenvalue weighted by atomic mass is 10.0. The van der Waals surface area contributed by atoms with Gasteiger partial charge in [0.05, 0.1) is 17.4 Å². The van der Waals surface area contributed by atoms with E-state index in [1.54, 1.807) is 19.1 Å². The number of hydroxylamine groups is 2. The van der Waals surface area contributed by atoms with Crippen molar-refractivity contribution in [2.75, 3.05) is 0 Å². The summed E-state index contributed by atoms with van der Waals surface area (Å²) in [4.78, 5) is 4.26. The van der Waals surface area contributed by atoms with Gasteiger partial charge < -0.3 is 10.3 Å². The molecule has 0 bridgehead atoms. The Morgan fingerprint density at radius 1 is 1.31 bits per heavy atom. The van der Waals surface area contributed by atoms with E-state index in [2.05, 4.69) is 4.98 Å². The Balaban J connectivity index is 2.97. The molecule has 0 saturated carbocycles. The molecule has 1 aromatic rings. The quantitative estimate of drug-likeness (QED) is 0.758. The van der Waals surface area contributed by atoms with Crippen molar-refractivity contribution in [1.29, 1.82) is 0 Å². The van der Waals surface area contributed by atoms with Crippen LogP contribution in [0.5, 0.6) is 5.75 Å². The predicted octanol–water partition coefficient (Wildman–Crippen LogP) is 2.65. The van der Waals surface area contributed by atoms with E-state index in [1.807, 2.05) is 27.7 Å². The highest BCUT2D eigenvalue weighted by Gasteiger charge is 2.26. The normalized spacial score (nSPS) is 14.2. The van der Waals surface area contributed by atoms with Crippen LogP contribution in [0.25, 0.3) is 0 Å². The third-order valence-corrected chi connectivity index (χ3v) is 2.56. The summed E-state index contributed by atoms with van der Waals surface area (Å²) in [6.07, 6.45) is 0. The Kier molecular flexibility index (Phi) is 3.55. The number of nitrogens with zero attached hydrogens (tertiary/aromatic N) is 2. The highest BCUT2D eigenvalue weighted by molar-refractivity contribution is 5.27. The molecule has 0 radical (unpaired) electrons. The van der Waals surface area contributed by atoms with Crippen LogP contribution in [-0.4, -0.2) is 25.9 Å². The lowest BCUT2D eigenvalue weighted by Gasteiger charge is -2.34. The molecule has 0 amide bonds. The van der Waals surface area contributed by atoms with Crippen LogP contribution in [0.3, 0.4) is 0 Å². The van der Waals surface area contributed by atoms with Gasteiger partial charge in [-0.2, -0.15) is 5.06 Å². The third-order valence-electron chi connectivity index (χ3n) is 2.56. The third kappa shape index (κ3) is 2.71. The van der Waals surface area contributed by atoms with Gasteiger partial charge in [0, 0.05) is 5.54 Å². The topological polar surface area (TPSA) is 56.6 Å². The highest BCUT2D eigenvalue weighted by Crippen LogP contribution is 2.26.